The minimum absolute atomic E-state index is 0.606. The molecule has 4 nitrogen and oxygen atoms in total. The number of anilines is 1. The molecule has 1 atom stereocenters. The third-order valence-electron chi connectivity index (χ3n) is 3.21. The number of ether oxygens (including phenoxy) is 1. The number of hydrogen-bond acceptors (Lipinski definition) is 5. The van der Waals surface area contributed by atoms with Crippen LogP contribution in [-0.4, -0.2) is 33.3 Å². The van der Waals surface area contributed by atoms with Gasteiger partial charge in [0.2, 0.25) is 0 Å². The fourth-order valence-corrected chi connectivity index (χ4v) is 2.74. The molecule has 1 aromatic rings. The first kappa shape index (κ1) is 17.1. The minimum atomic E-state index is 0.606. The van der Waals surface area contributed by atoms with E-state index >= 15 is 0 Å². The molecule has 0 saturated heterocycles. The largest absolute Gasteiger partial charge is 0.495 e. The lowest BCUT2D eigenvalue weighted by Crippen LogP contribution is -2.30. The van der Waals surface area contributed by atoms with E-state index in [0.717, 1.165) is 35.8 Å². The highest BCUT2D eigenvalue weighted by molar-refractivity contribution is 7.97. The van der Waals surface area contributed by atoms with Crippen LogP contribution in [0, 0.1) is 0 Å². The summed E-state index contributed by atoms with van der Waals surface area (Å²) in [7, 11) is 3.59. The summed E-state index contributed by atoms with van der Waals surface area (Å²) in [5, 5.41) is 6.60. The Balaban J connectivity index is 2.38. The molecule has 0 heterocycles. The summed E-state index contributed by atoms with van der Waals surface area (Å²) >= 11 is 1.65. The van der Waals surface area contributed by atoms with Gasteiger partial charge in [-0.2, -0.15) is 0 Å². The van der Waals surface area contributed by atoms with Crippen molar-refractivity contribution in [2.45, 2.75) is 37.6 Å². The predicted octanol–water partition coefficient (Wildman–Crippen LogP) is 3.11. The molecule has 0 fully saturated rings. The Bertz CT molecular complexity index is 387. The Morgan fingerprint density at radius 3 is 2.70 bits per heavy atom. The van der Waals surface area contributed by atoms with Crippen molar-refractivity contribution in [2.24, 2.45) is 0 Å². The van der Waals surface area contributed by atoms with Crippen molar-refractivity contribution >= 4 is 17.6 Å². The van der Waals surface area contributed by atoms with Gasteiger partial charge in [0.15, 0.2) is 0 Å². The molecule has 0 amide bonds. The molecule has 114 valence electrons. The van der Waals surface area contributed by atoms with Crippen molar-refractivity contribution in [1.29, 1.82) is 0 Å². The molecule has 0 bridgehead atoms. The van der Waals surface area contributed by atoms with E-state index in [0.29, 0.717) is 6.04 Å². The second-order valence-corrected chi connectivity index (χ2v) is 5.52. The molecule has 0 aromatic heterocycles. The maximum Gasteiger partial charge on any atom is 0.143 e. The van der Waals surface area contributed by atoms with Gasteiger partial charge in [-0.25, -0.2) is 0 Å². The van der Waals surface area contributed by atoms with Gasteiger partial charge in [-0.1, -0.05) is 13.8 Å². The van der Waals surface area contributed by atoms with E-state index in [1.54, 1.807) is 19.1 Å². The molecule has 0 radical (unpaired) electrons. The summed E-state index contributed by atoms with van der Waals surface area (Å²) in [6.07, 6.45) is 2.31. The average molecular weight is 297 g/mol. The molecule has 5 heteroatoms. The third-order valence-corrected chi connectivity index (χ3v) is 4.05. The van der Waals surface area contributed by atoms with E-state index < -0.39 is 0 Å². The average Bonchev–Trinajstić information content (AvgIpc) is 2.50. The van der Waals surface area contributed by atoms with Crippen molar-refractivity contribution in [1.82, 2.24) is 10.0 Å². The normalized spacial score (nSPS) is 12.2. The van der Waals surface area contributed by atoms with Crippen molar-refractivity contribution < 1.29 is 4.74 Å². The Labute approximate surface area is 127 Å². The Kier molecular flexibility index (Phi) is 8.49. The first-order chi connectivity index (χ1) is 9.74. The maximum absolute atomic E-state index is 5.36. The number of nitrogens with one attached hydrogen (secondary N) is 3. The van der Waals surface area contributed by atoms with Crippen molar-refractivity contribution in [3.63, 3.8) is 0 Å². The molecule has 20 heavy (non-hydrogen) atoms. The van der Waals surface area contributed by atoms with Crippen LogP contribution >= 0.6 is 11.9 Å². The highest BCUT2D eigenvalue weighted by atomic mass is 32.2. The van der Waals surface area contributed by atoms with E-state index in [2.05, 4.69) is 35.3 Å². The van der Waals surface area contributed by atoms with Gasteiger partial charge < -0.3 is 15.4 Å². The van der Waals surface area contributed by atoms with Gasteiger partial charge in [0.1, 0.15) is 5.75 Å². The zero-order chi connectivity index (χ0) is 14.8. The van der Waals surface area contributed by atoms with Gasteiger partial charge >= 0.3 is 0 Å². The van der Waals surface area contributed by atoms with E-state index in [-0.39, 0.29) is 0 Å². The SMILES string of the molecule is CCNC(CC)CCNSc1ccc(NC)c(OC)c1. The van der Waals surface area contributed by atoms with Crippen molar-refractivity contribution in [3.05, 3.63) is 18.2 Å². The van der Waals surface area contributed by atoms with Crippen LogP contribution in [0.15, 0.2) is 23.1 Å². The topological polar surface area (TPSA) is 45.3 Å². The second-order valence-electron chi connectivity index (χ2n) is 4.56. The minimum Gasteiger partial charge on any atom is -0.495 e. The predicted molar refractivity (Wildman–Crippen MR) is 88.8 cm³/mol. The quantitative estimate of drug-likeness (QED) is 0.457. The summed E-state index contributed by atoms with van der Waals surface area (Å²) in [6, 6.07) is 6.78. The Morgan fingerprint density at radius 1 is 1.30 bits per heavy atom. The van der Waals surface area contributed by atoms with Gasteiger partial charge in [0.25, 0.3) is 0 Å². The summed E-state index contributed by atoms with van der Waals surface area (Å²) in [4.78, 5) is 1.16. The summed E-state index contributed by atoms with van der Waals surface area (Å²) in [6.45, 7) is 6.41. The molecular weight excluding hydrogens is 270 g/mol. The van der Waals surface area contributed by atoms with Gasteiger partial charge in [-0.3, -0.25) is 4.72 Å². The summed E-state index contributed by atoms with van der Waals surface area (Å²) in [5.41, 5.74) is 1.01. The molecule has 0 spiro atoms. The fraction of sp³-hybridized carbons (Fsp3) is 0.600. The van der Waals surface area contributed by atoms with E-state index in [9.17, 15) is 0 Å². The molecule has 3 N–H and O–H groups in total. The molecule has 1 unspecified atom stereocenters. The highest BCUT2D eigenvalue weighted by Gasteiger charge is 2.05. The van der Waals surface area contributed by atoms with Crippen molar-refractivity contribution in [2.75, 3.05) is 32.6 Å². The van der Waals surface area contributed by atoms with Gasteiger partial charge in [-0.15, -0.1) is 0 Å². The monoisotopic (exact) mass is 297 g/mol. The van der Waals surface area contributed by atoms with Gasteiger partial charge in [0, 0.05) is 24.5 Å². The van der Waals surface area contributed by atoms with E-state index in [1.165, 1.54) is 6.42 Å². The first-order valence-corrected chi connectivity index (χ1v) is 8.05. The van der Waals surface area contributed by atoms with Crippen LogP contribution in [0.5, 0.6) is 5.75 Å². The molecule has 0 aliphatic carbocycles. The zero-order valence-corrected chi connectivity index (χ0v) is 13.8. The van der Waals surface area contributed by atoms with Crippen LogP contribution in [0.4, 0.5) is 5.69 Å². The molecular formula is C15H27N3OS. The summed E-state index contributed by atoms with van der Waals surface area (Å²) in [5.74, 6) is 0.874. The molecule has 1 aromatic carbocycles. The number of methoxy groups -OCH3 is 1. The van der Waals surface area contributed by atoms with Gasteiger partial charge in [-0.05, 0) is 49.5 Å². The third kappa shape index (κ3) is 5.61. The van der Waals surface area contributed by atoms with Crippen molar-refractivity contribution in [3.8, 4) is 5.75 Å². The summed E-state index contributed by atoms with van der Waals surface area (Å²) < 4.78 is 8.77. The smallest absolute Gasteiger partial charge is 0.143 e. The Morgan fingerprint density at radius 2 is 2.10 bits per heavy atom. The standard InChI is InChI=1S/C15H27N3OS/c1-5-12(17-6-2)9-10-18-20-13-7-8-14(16-3)15(11-13)19-4/h7-8,11-12,16-18H,5-6,9-10H2,1-4H3. The number of benzene rings is 1. The Hall–Kier alpha value is -0.910. The molecule has 0 aliphatic rings. The van der Waals surface area contributed by atoms with Crippen LogP contribution < -0.4 is 20.1 Å². The van der Waals surface area contributed by atoms with Crippen LogP contribution in [-0.2, 0) is 0 Å². The van der Waals surface area contributed by atoms with Crippen LogP contribution in [0.1, 0.15) is 26.7 Å². The lowest BCUT2D eigenvalue weighted by atomic mass is 10.1. The van der Waals surface area contributed by atoms with Crippen LogP contribution in [0.2, 0.25) is 0 Å². The second kappa shape index (κ2) is 9.91. The maximum atomic E-state index is 5.36. The fourth-order valence-electron chi connectivity index (χ4n) is 2.05. The zero-order valence-electron chi connectivity index (χ0n) is 13.0. The van der Waals surface area contributed by atoms with Gasteiger partial charge in [0.05, 0.1) is 12.8 Å². The molecule has 0 aliphatic heterocycles. The first-order valence-electron chi connectivity index (χ1n) is 7.24. The molecule has 1 rings (SSSR count). The van der Waals surface area contributed by atoms with E-state index in [4.69, 9.17) is 4.74 Å². The van der Waals surface area contributed by atoms with E-state index in [1.807, 2.05) is 19.2 Å². The number of rotatable bonds is 10. The van der Waals surface area contributed by atoms with Crippen LogP contribution in [0.3, 0.4) is 0 Å². The highest BCUT2D eigenvalue weighted by Crippen LogP contribution is 2.28. The lowest BCUT2D eigenvalue weighted by Gasteiger charge is -2.15. The van der Waals surface area contributed by atoms with Crippen LogP contribution in [0.25, 0.3) is 0 Å². The lowest BCUT2D eigenvalue weighted by molar-refractivity contribution is 0.415. The molecule has 0 saturated carbocycles. The number of hydrogen-bond donors (Lipinski definition) is 3.